The first kappa shape index (κ1) is 14.8. The molecule has 1 aromatic carbocycles. The topological polar surface area (TPSA) is 65.5 Å². The van der Waals surface area contributed by atoms with Crippen molar-refractivity contribution in [2.24, 2.45) is 0 Å². The van der Waals surface area contributed by atoms with E-state index in [1.54, 1.807) is 6.92 Å². The highest BCUT2D eigenvalue weighted by atomic mass is 32.1. The van der Waals surface area contributed by atoms with Gasteiger partial charge in [-0.25, -0.2) is 9.78 Å². The molecular weight excluding hydrogens is 298 g/mol. The first-order chi connectivity index (χ1) is 10.6. The van der Waals surface area contributed by atoms with Crippen LogP contribution in [-0.4, -0.2) is 29.1 Å². The van der Waals surface area contributed by atoms with Gasteiger partial charge < -0.3 is 15.3 Å². The molecular formula is C16H19N3O2S. The predicted octanol–water partition coefficient (Wildman–Crippen LogP) is 3.88. The van der Waals surface area contributed by atoms with Crippen LogP contribution in [0, 0.1) is 6.92 Å². The van der Waals surface area contributed by atoms with E-state index < -0.39 is 5.97 Å². The van der Waals surface area contributed by atoms with Crippen molar-refractivity contribution in [2.45, 2.75) is 26.2 Å². The fourth-order valence-corrected chi connectivity index (χ4v) is 3.50. The lowest BCUT2D eigenvalue weighted by atomic mass is 10.1. The molecule has 0 amide bonds. The Balaban J connectivity index is 1.70. The third kappa shape index (κ3) is 3.22. The molecule has 0 unspecified atom stereocenters. The normalized spacial score (nSPS) is 14.9. The second-order valence-corrected chi connectivity index (χ2v) is 6.46. The Morgan fingerprint density at radius 2 is 1.91 bits per heavy atom. The summed E-state index contributed by atoms with van der Waals surface area (Å²) in [6, 6.07) is 8.24. The van der Waals surface area contributed by atoms with Gasteiger partial charge in [0.25, 0.3) is 0 Å². The van der Waals surface area contributed by atoms with Crippen LogP contribution >= 0.6 is 11.3 Å². The maximum absolute atomic E-state index is 11.0. The van der Waals surface area contributed by atoms with Gasteiger partial charge >= 0.3 is 5.97 Å². The molecule has 1 aromatic heterocycles. The van der Waals surface area contributed by atoms with E-state index in [4.69, 9.17) is 5.11 Å². The number of hydrogen-bond acceptors (Lipinski definition) is 5. The van der Waals surface area contributed by atoms with Gasteiger partial charge in [-0.1, -0.05) is 11.3 Å². The molecule has 1 fully saturated rings. The molecule has 1 aliphatic rings. The quantitative estimate of drug-likeness (QED) is 0.896. The molecule has 0 saturated carbocycles. The predicted molar refractivity (Wildman–Crippen MR) is 89.6 cm³/mol. The lowest BCUT2D eigenvalue weighted by molar-refractivity contribution is 0.0701. The average molecular weight is 317 g/mol. The number of piperidine rings is 1. The number of carboxylic acid groups (broad SMARTS) is 1. The first-order valence-corrected chi connectivity index (χ1v) is 8.28. The number of carboxylic acids is 1. The lowest BCUT2D eigenvalue weighted by Crippen LogP contribution is -2.29. The van der Waals surface area contributed by atoms with Gasteiger partial charge in [0.1, 0.15) is 4.88 Å². The standard InChI is InChI=1S/C16H19N3O2S/c1-11-14(15(20)21)22-16(17-11)18-12-5-7-13(8-6-12)19-9-3-2-4-10-19/h5-8H,2-4,9-10H2,1H3,(H,17,18)(H,20,21). The van der Waals surface area contributed by atoms with Gasteiger partial charge in [-0.05, 0) is 50.5 Å². The number of carbonyl (C=O) groups is 1. The van der Waals surface area contributed by atoms with Crippen molar-refractivity contribution >= 4 is 33.8 Å². The minimum atomic E-state index is -0.927. The smallest absolute Gasteiger partial charge is 0.347 e. The summed E-state index contributed by atoms with van der Waals surface area (Å²) >= 11 is 1.16. The fourth-order valence-electron chi connectivity index (χ4n) is 2.68. The van der Waals surface area contributed by atoms with Crippen LogP contribution in [0.2, 0.25) is 0 Å². The Kier molecular flexibility index (Phi) is 4.29. The number of anilines is 3. The second-order valence-electron chi connectivity index (χ2n) is 5.46. The summed E-state index contributed by atoms with van der Waals surface area (Å²) in [4.78, 5) is 18.0. The lowest BCUT2D eigenvalue weighted by Gasteiger charge is -2.28. The van der Waals surface area contributed by atoms with E-state index in [2.05, 4.69) is 27.3 Å². The van der Waals surface area contributed by atoms with Gasteiger partial charge in [0.15, 0.2) is 5.13 Å². The number of nitrogens with zero attached hydrogens (tertiary/aromatic N) is 2. The Bertz CT molecular complexity index is 661. The van der Waals surface area contributed by atoms with Gasteiger partial charge in [-0.15, -0.1) is 0 Å². The van der Waals surface area contributed by atoms with Crippen molar-refractivity contribution in [3.05, 3.63) is 34.8 Å². The van der Waals surface area contributed by atoms with E-state index in [1.165, 1.54) is 24.9 Å². The minimum absolute atomic E-state index is 0.285. The zero-order valence-electron chi connectivity index (χ0n) is 12.5. The Morgan fingerprint density at radius 3 is 2.50 bits per heavy atom. The van der Waals surface area contributed by atoms with Crippen molar-refractivity contribution in [3.8, 4) is 0 Å². The second kappa shape index (κ2) is 6.36. The third-order valence-electron chi connectivity index (χ3n) is 3.83. The number of aryl methyl sites for hydroxylation is 1. The van der Waals surface area contributed by atoms with Gasteiger partial charge in [0, 0.05) is 24.5 Å². The molecule has 3 rings (SSSR count). The molecule has 1 saturated heterocycles. The van der Waals surface area contributed by atoms with Crippen molar-refractivity contribution in [2.75, 3.05) is 23.3 Å². The highest BCUT2D eigenvalue weighted by Crippen LogP contribution is 2.27. The molecule has 0 bridgehead atoms. The zero-order valence-corrected chi connectivity index (χ0v) is 13.3. The molecule has 116 valence electrons. The van der Waals surface area contributed by atoms with Gasteiger partial charge in [0.2, 0.25) is 0 Å². The highest BCUT2D eigenvalue weighted by Gasteiger charge is 2.14. The largest absolute Gasteiger partial charge is 0.477 e. The molecule has 0 radical (unpaired) electrons. The van der Waals surface area contributed by atoms with Crippen molar-refractivity contribution in [1.29, 1.82) is 0 Å². The number of aromatic carboxylic acids is 1. The number of thiazole rings is 1. The summed E-state index contributed by atoms with van der Waals surface area (Å²) in [5.41, 5.74) is 2.71. The van der Waals surface area contributed by atoms with Crippen LogP contribution in [0.5, 0.6) is 0 Å². The van der Waals surface area contributed by atoms with Crippen LogP contribution < -0.4 is 10.2 Å². The van der Waals surface area contributed by atoms with Crippen molar-refractivity contribution < 1.29 is 9.90 Å². The highest BCUT2D eigenvalue weighted by molar-refractivity contribution is 7.17. The summed E-state index contributed by atoms with van der Waals surface area (Å²) in [7, 11) is 0. The Morgan fingerprint density at radius 1 is 1.23 bits per heavy atom. The maximum Gasteiger partial charge on any atom is 0.347 e. The SMILES string of the molecule is Cc1nc(Nc2ccc(N3CCCCC3)cc2)sc1C(=O)O. The van der Waals surface area contributed by atoms with Crippen LogP contribution in [0.25, 0.3) is 0 Å². The van der Waals surface area contributed by atoms with Crippen molar-refractivity contribution in [1.82, 2.24) is 4.98 Å². The van der Waals surface area contributed by atoms with Gasteiger partial charge in [-0.3, -0.25) is 0 Å². The molecule has 0 atom stereocenters. The van der Waals surface area contributed by atoms with Crippen LogP contribution in [0.4, 0.5) is 16.5 Å². The van der Waals surface area contributed by atoms with Crippen LogP contribution in [0.1, 0.15) is 34.6 Å². The van der Waals surface area contributed by atoms with E-state index in [9.17, 15) is 4.79 Å². The third-order valence-corrected chi connectivity index (χ3v) is 4.89. The van der Waals surface area contributed by atoms with Gasteiger partial charge in [0.05, 0.1) is 5.69 Å². The van der Waals surface area contributed by atoms with E-state index in [0.29, 0.717) is 10.8 Å². The summed E-state index contributed by atoms with van der Waals surface area (Å²) < 4.78 is 0. The van der Waals surface area contributed by atoms with Crippen LogP contribution in [0.15, 0.2) is 24.3 Å². The molecule has 2 heterocycles. The van der Waals surface area contributed by atoms with Crippen LogP contribution in [0.3, 0.4) is 0 Å². The fraction of sp³-hybridized carbons (Fsp3) is 0.375. The number of benzene rings is 1. The molecule has 5 nitrogen and oxygen atoms in total. The number of nitrogens with one attached hydrogen (secondary N) is 1. The van der Waals surface area contributed by atoms with Crippen LogP contribution in [-0.2, 0) is 0 Å². The Labute approximate surface area is 133 Å². The van der Waals surface area contributed by atoms with E-state index in [1.807, 2.05) is 12.1 Å². The summed E-state index contributed by atoms with van der Waals surface area (Å²) in [6.07, 6.45) is 3.85. The van der Waals surface area contributed by atoms with E-state index >= 15 is 0 Å². The molecule has 0 aliphatic carbocycles. The summed E-state index contributed by atoms with van der Waals surface area (Å²) in [5, 5.41) is 12.9. The molecule has 2 N–H and O–H groups in total. The summed E-state index contributed by atoms with van der Waals surface area (Å²) in [5.74, 6) is -0.927. The number of aromatic nitrogens is 1. The molecule has 1 aliphatic heterocycles. The molecule has 22 heavy (non-hydrogen) atoms. The number of hydrogen-bond donors (Lipinski definition) is 2. The monoisotopic (exact) mass is 317 g/mol. The molecule has 6 heteroatoms. The first-order valence-electron chi connectivity index (χ1n) is 7.46. The summed E-state index contributed by atoms with van der Waals surface area (Å²) in [6.45, 7) is 3.96. The van der Waals surface area contributed by atoms with E-state index in [0.717, 1.165) is 30.1 Å². The van der Waals surface area contributed by atoms with E-state index in [-0.39, 0.29) is 4.88 Å². The molecule has 2 aromatic rings. The number of rotatable bonds is 4. The minimum Gasteiger partial charge on any atom is -0.477 e. The zero-order chi connectivity index (χ0) is 15.5. The Hall–Kier alpha value is -2.08. The molecule has 0 spiro atoms. The van der Waals surface area contributed by atoms with Crippen molar-refractivity contribution in [3.63, 3.8) is 0 Å². The maximum atomic E-state index is 11.0. The van der Waals surface area contributed by atoms with Gasteiger partial charge in [-0.2, -0.15) is 0 Å². The average Bonchev–Trinajstić information content (AvgIpc) is 2.90.